The number of benzene rings is 3. The minimum atomic E-state index is -0.493. The Balaban J connectivity index is 1.76. The van der Waals surface area contributed by atoms with Gasteiger partial charge in [-0.05, 0) is 36.4 Å². The number of anilines is 1. The van der Waals surface area contributed by atoms with Gasteiger partial charge in [0.1, 0.15) is 36.1 Å². The number of non-ortho nitro benzene ring substituents is 1. The van der Waals surface area contributed by atoms with Gasteiger partial charge in [0, 0.05) is 43.8 Å². The van der Waals surface area contributed by atoms with Gasteiger partial charge in [0.05, 0.1) is 43.6 Å². The molecule has 14 heteroatoms. The van der Waals surface area contributed by atoms with Crippen molar-refractivity contribution in [1.29, 1.82) is 0 Å². The predicted octanol–water partition coefficient (Wildman–Crippen LogP) is 6.38. The van der Waals surface area contributed by atoms with Crippen LogP contribution < -0.4 is 14.4 Å². The van der Waals surface area contributed by atoms with E-state index in [-0.39, 0.29) is 30.8 Å². The van der Waals surface area contributed by atoms with E-state index in [1.54, 1.807) is 24.3 Å². The second-order valence-corrected chi connectivity index (χ2v) is 8.55. The summed E-state index contributed by atoms with van der Waals surface area (Å²) in [5.74, 6) is -0.0189. The lowest BCUT2D eigenvalue weighted by atomic mass is 10.2. The first-order chi connectivity index (χ1) is 20.2. The highest BCUT2D eigenvalue weighted by Gasteiger charge is 2.13. The zero-order valence-electron chi connectivity index (χ0n) is 23.6. The average molecular weight is 579 g/mol. The number of azo groups is 2. The molecule has 0 aliphatic rings. The summed E-state index contributed by atoms with van der Waals surface area (Å²) in [5, 5.41) is 27.8. The van der Waals surface area contributed by atoms with Gasteiger partial charge in [0.25, 0.3) is 5.69 Å². The standard InChI is InChI=1S/C28H30N6O8/c1-19(35)41-15-13-33(14-16-42-20(2)36)23-9-5-21(6-10-23)29-31-25-17-28(40-4)26(18-27(25)39-3)32-30-22-7-11-24(12-8-22)34(37)38/h5-12,17-18H,13-16H2,1-4H3. The zero-order valence-corrected chi connectivity index (χ0v) is 23.6. The molecule has 0 radical (unpaired) electrons. The molecule has 3 aromatic rings. The molecule has 0 bridgehead atoms. The Morgan fingerprint density at radius 2 is 1.17 bits per heavy atom. The molecule has 0 amide bonds. The Labute approximate surface area is 241 Å². The maximum Gasteiger partial charge on any atom is 0.302 e. The van der Waals surface area contributed by atoms with Gasteiger partial charge in [-0.15, -0.1) is 10.2 Å². The maximum absolute atomic E-state index is 11.1. The van der Waals surface area contributed by atoms with Gasteiger partial charge >= 0.3 is 11.9 Å². The number of ether oxygens (including phenoxy) is 4. The third-order valence-corrected chi connectivity index (χ3v) is 5.64. The molecule has 0 spiro atoms. The molecule has 0 saturated carbocycles. The van der Waals surface area contributed by atoms with Crippen molar-refractivity contribution in [2.24, 2.45) is 20.5 Å². The number of nitro groups is 1. The lowest BCUT2D eigenvalue weighted by Gasteiger charge is -2.24. The Hall–Kier alpha value is -5.40. The second kappa shape index (κ2) is 15.4. The van der Waals surface area contributed by atoms with E-state index in [9.17, 15) is 19.7 Å². The Morgan fingerprint density at radius 3 is 1.55 bits per heavy atom. The van der Waals surface area contributed by atoms with Crippen LogP contribution in [-0.2, 0) is 19.1 Å². The van der Waals surface area contributed by atoms with Crippen LogP contribution in [0.4, 0.5) is 34.1 Å². The first-order valence-corrected chi connectivity index (χ1v) is 12.7. The maximum atomic E-state index is 11.1. The van der Waals surface area contributed by atoms with E-state index < -0.39 is 4.92 Å². The van der Waals surface area contributed by atoms with Crippen molar-refractivity contribution in [3.05, 3.63) is 70.8 Å². The average Bonchev–Trinajstić information content (AvgIpc) is 2.98. The van der Waals surface area contributed by atoms with Gasteiger partial charge in [-0.1, -0.05) is 0 Å². The summed E-state index contributed by atoms with van der Waals surface area (Å²) in [7, 11) is 2.95. The number of carbonyl (C=O) groups excluding carboxylic acids is 2. The Morgan fingerprint density at radius 1 is 0.738 bits per heavy atom. The summed E-state index contributed by atoms with van der Waals surface area (Å²) < 4.78 is 21.0. The van der Waals surface area contributed by atoms with Crippen molar-refractivity contribution >= 4 is 46.1 Å². The van der Waals surface area contributed by atoms with E-state index in [1.165, 1.54) is 52.3 Å². The summed E-state index contributed by atoms with van der Waals surface area (Å²) in [6, 6.07) is 16.0. The lowest BCUT2D eigenvalue weighted by Crippen LogP contribution is -2.31. The number of hydrogen-bond donors (Lipinski definition) is 0. The van der Waals surface area contributed by atoms with Gasteiger partial charge in [-0.3, -0.25) is 19.7 Å². The van der Waals surface area contributed by atoms with Crippen molar-refractivity contribution < 1.29 is 33.5 Å². The van der Waals surface area contributed by atoms with E-state index in [0.717, 1.165) is 5.69 Å². The SMILES string of the molecule is COc1cc(N=Nc2ccc([N+](=O)[O-])cc2)c(OC)cc1N=Nc1ccc(N(CCOC(C)=O)CCOC(C)=O)cc1. The molecule has 0 fully saturated rings. The van der Waals surface area contributed by atoms with Crippen LogP contribution in [0.3, 0.4) is 0 Å². The smallest absolute Gasteiger partial charge is 0.302 e. The first-order valence-electron chi connectivity index (χ1n) is 12.7. The quantitative estimate of drug-likeness (QED) is 0.0912. The minimum absolute atomic E-state index is 0.0478. The van der Waals surface area contributed by atoms with Gasteiger partial charge in [-0.2, -0.15) is 10.2 Å². The molecule has 0 aromatic heterocycles. The van der Waals surface area contributed by atoms with Gasteiger partial charge in [0.2, 0.25) is 0 Å². The summed E-state index contributed by atoms with van der Waals surface area (Å²) >= 11 is 0. The molecule has 0 N–H and O–H groups in total. The monoisotopic (exact) mass is 578 g/mol. The first kappa shape index (κ1) is 31.1. The van der Waals surface area contributed by atoms with E-state index >= 15 is 0 Å². The number of esters is 2. The predicted molar refractivity (Wildman–Crippen MR) is 153 cm³/mol. The number of carbonyl (C=O) groups is 2. The molecule has 0 saturated heterocycles. The molecule has 0 atom stereocenters. The molecule has 0 aliphatic heterocycles. The Bertz CT molecular complexity index is 1420. The molecule has 0 unspecified atom stereocenters. The largest absolute Gasteiger partial charge is 0.494 e. The molecular formula is C28H30N6O8. The highest BCUT2D eigenvalue weighted by Crippen LogP contribution is 2.41. The molecular weight excluding hydrogens is 548 g/mol. The summed E-state index contributed by atoms with van der Waals surface area (Å²) in [6.07, 6.45) is 0. The van der Waals surface area contributed by atoms with E-state index in [2.05, 4.69) is 20.5 Å². The molecule has 3 rings (SSSR count). The van der Waals surface area contributed by atoms with Crippen LogP contribution in [0.15, 0.2) is 81.1 Å². The van der Waals surface area contributed by atoms with Gasteiger partial charge in [0.15, 0.2) is 0 Å². The van der Waals surface area contributed by atoms with E-state index in [1.807, 2.05) is 17.0 Å². The summed E-state index contributed by atoms with van der Waals surface area (Å²) in [5.41, 5.74) is 2.49. The highest BCUT2D eigenvalue weighted by molar-refractivity contribution is 5.67. The topological polar surface area (TPSA) is 167 Å². The number of nitrogens with zero attached hydrogens (tertiary/aromatic N) is 6. The van der Waals surface area contributed by atoms with Crippen molar-refractivity contribution in [3.63, 3.8) is 0 Å². The fourth-order valence-corrected chi connectivity index (χ4v) is 3.59. The number of rotatable bonds is 14. The van der Waals surface area contributed by atoms with Crippen LogP contribution in [0, 0.1) is 10.1 Å². The van der Waals surface area contributed by atoms with E-state index in [4.69, 9.17) is 18.9 Å². The van der Waals surface area contributed by atoms with Crippen LogP contribution in [0.1, 0.15) is 13.8 Å². The van der Waals surface area contributed by atoms with Crippen LogP contribution >= 0.6 is 0 Å². The van der Waals surface area contributed by atoms with Crippen molar-refractivity contribution in [2.75, 3.05) is 45.4 Å². The van der Waals surface area contributed by atoms with Crippen molar-refractivity contribution in [2.45, 2.75) is 13.8 Å². The summed E-state index contributed by atoms with van der Waals surface area (Å²) in [6.45, 7) is 3.86. The van der Waals surface area contributed by atoms with Gasteiger partial charge < -0.3 is 23.8 Å². The van der Waals surface area contributed by atoms with Crippen molar-refractivity contribution in [3.8, 4) is 11.5 Å². The molecule has 14 nitrogen and oxygen atoms in total. The highest BCUT2D eigenvalue weighted by atomic mass is 16.6. The zero-order chi connectivity index (χ0) is 30.5. The fraction of sp³-hybridized carbons (Fsp3) is 0.286. The number of nitro benzene ring substituents is 1. The Kier molecular flexibility index (Phi) is 11.4. The van der Waals surface area contributed by atoms with Crippen LogP contribution in [0.25, 0.3) is 0 Å². The fourth-order valence-electron chi connectivity index (χ4n) is 3.59. The van der Waals surface area contributed by atoms with Crippen molar-refractivity contribution in [1.82, 2.24) is 0 Å². The minimum Gasteiger partial charge on any atom is -0.494 e. The lowest BCUT2D eigenvalue weighted by molar-refractivity contribution is -0.384. The molecule has 42 heavy (non-hydrogen) atoms. The number of methoxy groups -OCH3 is 2. The molecule has 3 aromatic carbocycles. The molecule has 0 heterocycles. The third-order valence-electron chi connectivity index (χ3n) is 5.64. The molecule has 220 valence electrons. The third kappa shape index (κ3) is 9.36. The molecule has 0 aliphatic carbocycles. The van der Waals surface area contributed by atoms with Crippen LogP contribution in [0.5, 0.6) is 11.5 Å². The second-order valence-electron chi connectivity index (χ2n) is 8.55. The van der Waals surface area contributed by atoms with Gasteiger partial charge in [-0.25, -0.2) is 0 Å². The van der Waals surface area contributed by atoms with E-state index in [0.29, 0.717) is 47.3 Å². The summed E-state index contributed by atoms with van der Waals surface area (Å²) in [4.78, 5) is 34.6. The normalized spacial score (nSPS) is 11.0. The van der Waals surface area contributed by atoms with Crippen LogP contribution in [-0.4, -0.2) is 57.4 Å². The number of hydrogen-bond acceptors (Lipinski definition) is 13. The van der Waals surface area contributed by atoms with Crippen LogP contribution in [0.2, 0.25) is 0 Å².